The van der Waals surface area contributed by atoms with Gasteiger partial charge in [-0.1, -0.05) is 117 Å². The Morgan fingerprint density at radius 3 is 1.87 bits per heavy atom. The van der Waals surface area contributed by atoms with E-state index >= 15 is 0 Å². The Labute approximate surface area is 375 Å². The van der Waals surface area contributed by atoms with Gasteiger partial charge in [-0.25, -0.2) is 0 Å². The lowest BCUT2D eigenvalue weighted by molar-refractivity contribution is 0.137. The minimum Gasteiger partial charge on any atom is -0.311 e. The smallest absolute Gasteiger partial charge is 0.264 e. The lowest BCUT2D eigenvalue weighted by Gasteiger charge is -2.46. The monoisotopic (exact) mass is 823 g/mol. The Kier molecular flexibility index (Phi) is 6.99. The van der Waals surface area contributed by atoms with Crippen LogP contribution in [-0.4, -0.2) is 6.71 Å². The molecule has 4 heteroatoms. The van der Waals surface area contributed by atoms with Crippen LogP contribution in [0.25, 0.3) is 10.1 Å². The summed E-state index contributed by atoms with van der Waals surface area (Å²) >= 11 is 1.82. The third kappa shape index (κ3) is 5.21. The zero-order valence-electron chi connectivity index (χ0n) is 41.9. The minimum absolute atomic E-state index is 0.000740. The standard InChI is InChI=1S/C57H63BN2S/c1-34-29-45-48-46(30-34)60(41-22-18-37(19-23-41)53(2,3)4)49-42-13-11-12-14-47(42)61-52(49)58(48)43-31-36(51-55(7,8)39-26-28-57(51,10)33-39)17-24-44(43)59(45)40-20-15-35(16-21-40)50-54(5,6)38-25-27-56(50,9)32-38/h11-24,29-31,38-39,50-51H,25-28,32-33H2,1-10H3/i18D,19D,22D,23D. The topological polar surface area (TPSA) is 6.48 Å². The minimum atomic E-state index is -0.569. The summed E-state index contributed by atoms with van der Waals surface area (Å²) in [6, 6.07) is 30.4. The summed E-state index contributed by atoms with van der Waals surface area (Å²) in [4.78, 5) is 4.65. The molecule has 4 aliphatic carbocycles. The number of thiophene rings is 1. The van der Waals surface area contributed by atoms with Crippen molar-refractivity contribution in [1.82, 2.24) is 0 Å². The van der Waals surface area contributed by atoms with Crippen molar-refractivity contribution in [2.75, 3.05) is 9.80 Å². The van der Waals surface area contributed by atoms with Gasteiger partial charge in [0.25, 0.3) is 6.71 Å². The average Bonchev–Trinajstić information content (AvgIpc) is 4.02. The fourth-order valence-corrected chi connectivity index (χ4v) is 16.5. The van der Waals surface area contributed by atoms with E-state index in [4.69, 9.17) is 0 Å². The first-order valence-corrected chi connectivity index (χ1v) is 24.1. The maximum atomic E-state index is 9.79. The summed E-state index contributed by atoms with van der Waals surface area (Å²) in [7, 11) is 0. The second-order valence-electron chi connectivity index (χ2n) is 23.2. The van der Waals surface area contributed by atoms with Crippen LogP contribution in [0.15, 0.2) is 103 Å². The van der Waals surface area contributed by atoms with Gasteiger partial charge in [0.1, 0.15) is 0 Å². The predicted molar refractivity (Wildman–Crippen MR) is 263 cm³/mol. The molecule has 0 radical (unpaired) electrons. The van der Waals surface area contributed by atoms with Crippen LogP contribution < -0.4 is 25.5 Å². The highest BCUT2D eigenvalue weighted by Gasteiger charge is 2.61. The molecule has 310 valence electrons. The van der Waals surface area contributed by atoms with Crippen molar-refractivity contribution in [3.8, 4) is 0 Å². The molecule has 2 aliphatic heterocycles. The first-order chi connectivity index (χ1) is 30.7. The summed E-state index contributed by atoms with van der Waals surface area (Å²) in [5.41, 5.74) is 13.1. The second-order valence-corrected chi connectivity index (χ2v) is 24.3. The highest BCUT2D eigenvalue weighted by molar-refractivity contribution is 7.33. The molecular formula is C57H63BN2S. The lowest BCUT2D eigenvalue weighted by atomic mass is 9.36. The molecule has 0 N–H and O–H groups in total. The Bertz CT molecular complexity index is 3000. The zero-order valence-corrected chi connectivity index (χ0v) is 38.8. The third-order valence-electron chi connectivity index (χ3n) is 17.7. The maximum absolute atomic E-state index is 9.79. The maximum Gasteiger partial charge on any atom is 0.264 e. The molecule has 0 saturated heterocycles. The molecule has 0 amide bonds. The van der Waals surface area contributed by atoms with Crippen LogP contribution in [0.5, 0.6) is 0 Å². The summed E-state index contributed by atoms with van der Waals surface area (Å²) < 4.78 is 40.8. The van der Waals surface area contributed by atoms with Gasteiger partial charge in [0, 0.05) is 43.3 Å². The molecule has 6 unspecified atom stereocenters. The van der Waals surface area contributed by atoms with Crippen molar-refractivity contribution in [2.45, 2.75) is 125 Å². The van der Waals surface area contributed by atoms with Crippen LogP contribution in [0.3, 0.4) is 0 Å². The molecule has 1 aromatic heterocycles. The number of anilines is 6. The number of aryl methyl sites for hydroxylation is 1. The Balaban J connectivity index is 1.13. The molecule has 4 fully saturated rings. The van der Waals surface area contributed by atoms with Crippen molar-refractivity contribution in [3.63, 3.8) is 0 Å². The highest BCUT2D eigenvalue weighted by atomic mass is 32.1. The first-order valence-electron chi connectivity index (χ1n) is 25.3. The summed E-state index contributed by atoms with van der Waals surface area (Å²) in [5.74, 6) is 2.47. The largest absolute Gasteiger partial charge is 0.311 e. The Hall–Kier alpha value is -4.28. The molecule has 4 bridgehead atoms. The van der Waals surface area contributed by atoms with Gasteiger partial charge in [-0.2, -0.15) is 0 Å². The molecule has 5 aromatic carbocycles. The Morgan fingerprint density at radius 1 is 0.672 bits per heavy atom. The van der Waals surface area contributed by atoms with Crippen LogP contribution in [0.1, 0.15) is 140 Å². The zero-order chi connectivity index (χ0) is 45.7. The van der Waals surface area contributed by atoms with Crippen molar-refractivity contribution >= 4 is 78.0 Å². The molecule has 0 spiro atoms. The predicted octanol–water partition coefficient (Wildman–Crippen LogP) is 14.4. The van der Waals surface area contributed by atoms with Gasteiger partial charge in [-0.15, -0.1) is 11.3 Å². The van der Waals surface area contributed by atoms with E-state index in [-0.39, 0.29) is 47.1 Å². The van der Waals surface area contributed by atoms with Crippen molar-refractivity contribution in [2.24, 2.45) is 33.5 Å². The van der Waals surface area contributed by atoms with Crippen molar-refractivity contribution < 1.29 is 5.48 Å². The molecule has 6 atom stereocenters. The molecule has 6 aromatic rings. The van der Waals surface area contributed by atoms with Gasteiger partial charge in [-0.3, -0.25) is 0 Å². The van der Waals surface area contributed by atoms with Crippen LogP contribution in [0.2, 0.25) is 0 Å². The number of benzene rings is 5. The normalized spacial score (nSPS) is 29.6. The van der Waals surface area contributed by atoms with E-state index in [9.17, 15) is 5.48 Å². The van der Waals surface area contributed by atoms with Gasteiger partial charge in [0.05, 0.1) is 11.2 Å². The first kappa shape index (κ1) is 34.2. The quantitative estimate of drug-likeness (QED) is 0.163. The third-order valence-corrected chi connectivity index (χ3v) is 18.9. The fraction of sp³-hybridized carbons (Fsp3) is 0.439. The summed E-state index contributed by atoms with van der Waals surface area (Å²) in [6.45, 7) is 23.2. The van der Waals surface area contributed by atoms with Gasteiger partial charge in [0.15, 0.2) is 0 Å². The molecule has 6 aliphatic rings. The van der Waals surface area contributed by atoms with Crippen molar-refractivity contribution in [3.05, 3.63) is 125 Å². The number of hydrogen-bond donors (Lipinski definition) is 0. The molecule has 12 rings (SSSR count). The molecule has 61 heavy (non-hydrogen) atoms. The highest BCUT2D eigenvalue weighted by Crippen LogP contribution is 2.71. The van der Waals surface area contributed by atoms with Crippen LogP contribution in [0, 0.1) is 40.4 Å². The van der Waals surface area contributed by atoms with Gasteiger partial charge < -0.3 is 9.80 Å². The van der Waals surface area contributed by atoms with Crippen LogP contribution in [0.4, 0.5) is 34.1 Å². The van der Waals surface area contributed by atoms with E-state index in [0.717, 1.165) is 50.2 Å². The lowest BCUT2D eigenvalue weighted by Crippen LogP contribution is -2.60. The molecule has 4 saturated carbocycles. The average molecular weight is 823 g/mol. The Morgan fingerprint density at radius 2 is 1.26 bits per heavy atom. The SMILES string of the molecule is [2H]c1c([2H])c(C(C)(C)C)c([2H])c([2H])c1N1c2cc(C)cc3c2B(c2cc(C4C5(C)CCC(C5)C4(C)C)ccc2N3c2ccc(C3C4(C)CCC(C4)C3(C)C)cc2)c2sc3ccccc3c21. The van der Waals surface area contributed by atoms with E-state index in [1.54, 1.807) is 0 Å². The summed E-state index contributed by atoms with van der Waals surface area (Å²) in [5, 5.41) is 1.08. The summed E-state index contributed by atoms with van der Waals surface area (Å²) in [6.07, 6.45) is 7.86. The number of nitrogens with zero attached hydrogens (tertiary/aromatic N) is 2. The van der Waals surface area contributed by atoms with E-state index in [1.807, 2.05) is 32.1 Å². The van der Waals surface area contributed by atoms with Crippen LogP contribution >= 0.6 is 11.3 Å². The fourth-order valence-electron chi connectivity index (χ4n) is 15.2. The molecular weight excluding hydrogens is 756 g/mol. The van der Waals surface area contributed by atoms with Gasteiger partial charge in [0.2, 0.25) is 0 Å². The van der Waals surface area contributed by atoms with E-state index in [0.29, 0.717) is 28.5 Å². The number of fused-ring (bicyclic) bond motifs is 10. The number of hydrogen-bond acceptors (Lipinski definition) is 3. The van der Waals surface area contributed by atoms with Crippen molar-refractivity contribution in [1.29, 1.82) is 0 Å². The van der Waals surface area contributed by atoms with Crippen LogP contribution in [-0.2, 0) is 5.41 Å². The molecule has 2 nitrogen and oxygen atoms in total. The molecule has 3 heterocycles. The van der Waals surface area contributed by atoms with Gasteiger partial charge in [-0.05, 0) is 178 Å². The second kappa shape index (κ2) is 12.5. The van der Waals surface area contributed by atoms with E-state index in [1.165, 1.54) is 71.0 Å². The van der Waals surface area contributed by atoms with Gasteiger partial charge >= 0.3 is 0 Å². The van der Waals surface area contributed by atoms with E-state index in [2.05, 4.69) is 137 Å². The number of rotatable bonds is 4. The van der Waals surface area contributed by atoms with E-state index < -0.39 is 5.41 Å².